The van der Waals surface area contributed by atoms with Crippen LogP contribution in [-0.4, -0.2) is 33.3 Å². The number of ether oxygens (including phenoxy) is 1. The van der Waals surface area contributed by atoms with Crippen molar-refractivity contribution < 1.29 is 24.7 Å². The van der Waals surface area contributed by atoms with E-state index in [0.29, 0.717) is 12.8 Å². The lowest BCUT2D eigenvalue weighted by molar-refractivity contribution is -0.386. The molecule has 19 heavy (non-hydrogen) atoms. The van der Waals surface area contributed by atoms with Crippen molar-refractivity contribution in [2.24, 2.45) is 0 Å². The van der Waals surface area contributed by atoms with Gasteiger partial charge in [-0.05, 0) is 25.3 Å². The summed E-state index contributed by atoms with van der Waals surface area (Å²) in [6, 6.07) is 3.37. The number of nitrogens with zero attached hydrogens (tertiary/aromatic N) is 1. The minimum Gasteiger partial charge on any atom is -0.481 e. The number of benzene rings is 1. The molecule has 1 aliphatic carbocycles. The van der Waals surface area contributed by atoms with Crippen LogP contribution in [0.4, 0.5) is 5.69 Å². The Morgan fingerprint density at radius 2 is 2.16 bits per heavy atom. The van der Waals surface area contributed by atoms with Crippen LogP contribution >= 0.6 is 0 Å². The van der Waals surface area contributed by atoms with Gasteiger partial charge in [0.1, 0.15) is 6.10 Å². The van der Waals surface area contributed by atoms with E-state index in [1.54, 1.807) is 0 Å². The summed E-state index contributed by atoms with van der Waals surface area (Å²) in [5, 5.41) is 29.4. The standard InChI is InChI=1S/C12H13NO6/c14-9-2-1-3-10(9)19-11-6-7(12(15)16)4-5-8(11)13(17)18/h4-6,9-10,14H,1-3H2,(H,15,16). The minimum absolute atomic E-state index is 0.0897. The van der Waals surface area contributed by atoms with Crippen molar-refractivity contribution in [2.45, 2.75) is 31.5 Å². The molecule has 2 atom stereocenters. The fourth-order valence-electron chi connectivity index (χ4n) is 2.10. The molecule has 2 rings (SSSR count). The van der Waals surface area contributed by atoms with E-state index in [4.69, 9.17) is 9.84 Å². The predicted molar refractivity (Wildman–Crippen MR) is 64.3 cm³/mol. The highest BCUT2D eigenvalue weighted by Crippen LogP contribution is 2.32. The van der Waals surface area contributed by atoms with E-state index in [-0.39, 0.29) is 17.0 Å². The highest BCUT2D eigenvalue weighted by Gasteiger charge is 2.29. The SMILES string of the molecule is O=C(O)c1ccc([N+](=O)[O-])c(OC2CCCC2O)c1. The van der Waals surface area contributed by atoms with Gasteiger partial charge in [-0.3, -0.25) is 10.1 Å². The minimum atomic E-state index is -1.19. The molecule has 7 nitrogen and oxygen atoms in total. The summed E-state index contributed by atoms with van der Waals surface area (Å²) < 4.78 is 5.42. The van der Waals surface area contributed by atoms with Crippen LogP contribution in [-0.2, 0) is 0 Å². The van der Waals surface area contributed by atoms with Crippen molar-refractivity contribution in [3.05, 3.63) is 33.9 Å². The van der Waals surface area contributed by atoms with E-state index in [9.17, 15) is 20.0 Å². The Morgan fingerprint density at radius 3 is 2.68 bits per heavy atom. The third kappa shape index (κ3) is 2.82. The summed E-state index contributed by atoms with van der Waals surface area (Å²) in [5.74, 6) is -1.30. The number of carboxylic acid groups (broad SMARTS) is 1. The average Bonchev–Trinajstić information content (AvgIpc) is 2.74. The maximum atomic E-state index is 10.9. The van der Waals surface area contributed by atoms with Gasteiger partial charge in [0, 0.05) is 12.1 Å². The van der Waals surface area contributed by atoms with Gasteiger partial charge in [0.25, 0.3) is 0 Å². The molecule has 1 aliphatic rings. The molecule has 0 spiro atoms. The van der Waals surface area contributed by atoms with Crippen molar-refractivity contribution in [3.8, 4) is 5.75 Å². The second-order valence-corrected chi connectivity index (χ2v) is 4.40. The van der Waals surface area contributed by atoms with Gasteiger partial charge in [-0.15, -0.1) is 0 Å². The van der Waals surface area contributed by atoms with Gasteiger partial charge < -0.3 is 14.9 Å². The fourth-order valence-corrected chi connectivity index (χ4v) is 2.10. The normalized spacial score (nSPS) is 22.2. The van der Waals surface area contributed by atoms with E-state index in [0.717, 1.165) is 24.6 Å². The van der Waals surface area contributed by atoms with Gasteiger partial charge >= 0.3 is 11.7 Å². The van der Waals surface area contributed by atoms with Gasteiger partial charge in [-0.2, -0.15) is 0 Å². The smallest absolute Gasteiger partial charge is 0.335 e. The van der Waals surface area contributed by atoms with Crippen LogP contribution in [0.3, 0.4) is 0 Å². The Balaban J connectivity index is 2.32. The molecule has 102 valence electrons. The molecular formula is C12H13NO6. The number of nitro benzene ring substituents is 1. The number of hydrogen-bond acceptors (Lipinski definition) is 5. The first kappa shape index (κ1) is 13.3. The first-order chi connectivity index (χ1) is 8.99. The van der Waals surface area contributed by atoms with Gasteiger partial charge in [-0.1, -0.05) is 0 Å². The first-order valence-electron chi connectivity index (χ1n) is 5.85. The monoisotopic (exact) mass is 267 g/mol. The number of aromatic carboxylic acids is 1. The van der Waals surface area contributed by atoms with Crippen molar-refractivity contribution in [1.29, 1.82) is 0 Å². The van der Waals surface area contributed by atoms with Gasteiger partial charge in [0.2, 0.25) is 0 Å². The number of nitro groups is 1. The molecule has 0 radical (unpaired) electrons. The van der Waals surface area contributed by atoms with Gasteiger partial charge in [0.05, 0.1) is 16.6 Å². The number of carbonyl (C=O) groups is 1. The zero-order valence-corrected chi connectivity index (χ0v) is 9.98. The maximum Gasteiger partial charge on any atom is 0.335 e. The van der Waals surface area contributed by atoms with E-state index >= 15 is 0 Å². The maximum absolute atomic E-state index is 10.9. The number of aliphatic hydroxyl groups excluding tert-OH is 1. The van der Waals surface area contributed by atoms with Gasteiger partial charge in [-0.25, -0.2) is 4.79 Å². The summed E-state index contributed by atoms with van der Waals surface area (Å²) in [4.78, 5) is 21.1. The average molecular weight is 267 g/mol. The number of carboxylic acids is 1. The molecule has 0 saturated heterocycles. The van der Waals surface area contributed by atoms with Crippen LogP contribution < -0.4 is 4.74 Å². The van der Waals surface area contributed by atoms with Crippen molar-refractivity contribution in [1.82, 2.24) is 0 Å². The topological polar surface area (TPSA) is 110 Å². The van der Waals surface area contributed by atoms with Crippen LogP contribution in [0.5, 0.6) is 5.75 Å². The van der Waals surface area contributed by atoms with Crippen LogP contribution in [0.15, 0.2) is 18.2 Å². The predicted octanol–water partition coefficient (Wildman–Crippen LogP) is 1.59. The molecule has 0 heterocycles. The molecule has 0 amide bonds. The molecule has 0 aromatic heterocycles. The molecule has 1 fully saturated rings. The summed E-state index contributed by atoms with van der Waals surface area (Å²) >= 11 is 0. The number of rotatable bonds is 4. The van der Waals surface area contributed by atoms with Crippen molar-refractivity contribution >= 4 is 11.7 Å². The molecule has 1 saturated carbocycles. The lowest BCUT2D eigenvalue weighted by Gasteiger charge is -2.17. The Kier molecular flexibility index (Phi) is 3.66. The zero-order valence-electron chi connectivity index (χ0n) is 9.98. The van der Waals surface area contributed by atoms with Crippen molar-refractivity contribution in [2.75, 3.05) is 0 Å². The molecule has 1 aromatic rings. The molecule has 2 N–H and O–H groups in total. The number of aliphatic hydroxyl groups is 1. The second kappa shape index (κ2) is 5.23. The Morgan fingerprint density at radius 1 is 1.42 bits per heavy atom. The molecular weight excluding hydrogens is 254 g/mol. The molecule has 0 aliphatic heterocycles. The first-order valence-corrected chi connectivity index (χ1v) is 5.85. The zero-order chi connectivity index (χ0) is 14.0. The largest absolute Gasteiger partial charge is 0.481 e. The lowest BCUT2D eigenvalue weighted by Crippen LogP contribution is -2.26. The summed E-state index contributed by atoms with van der Waals surface area (Å²) in [6.45, 7) is 0. The van der Waals surface area contributed by atoms with Crippen molar-refractivity contribution in [3.63, 3.8) is 0 Å². The Bertz CT molecular complexity index is 515. The van der Waals surface area contributed by atoms with Crippen LogP contribution in [0.1, 0.15) is 29.6 Å². The highest BCUT2D eigenvalue weighted by atomic mass is 16.6. The van der Waals surface area contributed by atoms with Gasteiger partial charge in [0.15, 0.2) is 5.75 Å². The highest BCUT2D eigenvalue weighted by molar-refractivity contribution is 5.88. The third-order valence-corrected chi connectivity index (χ3v) is 3.10. The van der Waals surface area contributed by atoms with E-state index in [1.165, 1.54) is 0 Å². The fraction of sp³-hybridized carbons (Fsp3) is 0.417. The van der Waals surface area contributed by atoms with Crippen LogP contribution in [0, 0.1) is 10.1 Å². The molecule has 7 heteroatoms. The second-order valence-electron chi connectivity index (χ2n) is 4.40. The number of hydrogen-bond donors (Lipinski definition) is 2. The van der Waals surface area contributed by atoms with E-state index in [2.05, 4.69) is 0 Å². The van der Waals surface area contributed by atoms with Crippen LogP contribution in [0.2, 0.25) is 0 Å². The Hall–Kier alpha value is -2.15. The molecule has 2 unspecified atom stereocenters. The van der Waals surface area contributed by atoms with E-state index < -0.39 is 23.1 Å². The summed E-state index contributed by atoms with van der Waals surface area (Å²) in [5.41, 5.74) is -0.391. The molecule has 0 bridgehead atoms. The third-order valence-electron chi connectivity index (χ3n) is 3.10. The lowest BCUT2D eigenvalue weighted by atomic mass is 10.2. The van der Waals surface area contributed by atoms with Crippen LogP contribution in [0.25, 0.3) is 0 Å². The summed E-state index contributed by atoms with van der Waals surface area (Å²) in [7, 11) is 0. The molecule has 1 aromatic carbocycles. The quantitative estimate of drug-likeness (QED) is 0.633. The van der Waals surface area contributed by atoms with E-state index in [1.807, 2.05) is 0 Å². The Labute approximate surface area is 108 Å². The summed E-state index contributed by atoms with van der Waals surface area (Å²) in [6.07, 6.45) is 0.751.